The van der Waals surface area contributed by atoms with Crippen LogP contribution < -0.4 is 10.2 Å². The van der Waals surface area contributed by atoms with E-state index in [9.17, 15) is 4.79 Å². The fourth-order valence-electron chi connectivity index (χ4n) is 2.90. The van der Waals surface area contributed by atoms with Crippen molar-refractivity contribution in [1.82, 2.24) is 5.32 Å². The van der Waals surface area contributed by atoms with E-state index in [-0.39, 0.29) is 11.4 Å². The summed E-state index contributed by atoms with van der Waals surface area (Å²) in [5.74, 6) is 1.14. The van der Waals surface area contributed by atoms with E-state index in [4.69, 9.17) is 4.42 Å². The predicted octanol–water partition coefficient (Wildman–Crippen LogP) is 3.58. The summed E-state index contributed by atoms with van der Waals surface area (Å²) < 4.78 is 5.83. The first-order chi connectivity index (χ1) is 12.4. The lowest BCUT2D eigenvalue weighted by molar-refractivity contribution is -0.973. The Labute approximate surface area is 157 Å². The molecule has 1 aromatic heterocycles. The monoisotopic (exact) mass is 357 g/mol. The Morgan fingerprint density at radius 1 is 1.04 bits per heavy atom. The molecule has 0 aliphatic rings. The Hall–Kier alpha value is -2.07. The summed E-state index contributed by atoms with van der Waals surface area (Å²) in [7, 11) is 0. The quantitative estimate of drug-likeness (QED) is 0.674. The molecular formula is C22H33N2O2+. The molecule has 2 aromatic rings. The number of hydrogen-bond donors (Lipinski definition) is 2. The van der Waals surface area contributed by atoms with Gasteiger partial charge >= 0.3 is 0 Å². The number of nitrogens with one attached hydrogen (secondary N) is 2. The number of unbranched alkanes of at least 4 members (excludes halogenated alkanes) is 2. The average molecular weight is 358 g/mol. The zero-order chi connectivity index (χ0) is 19.0. The van der Waals surface area contributed by atoms with E-state index >= 15 is 0 Å². The third kappa shape index (κ3) is 6.34. The highest BCUT2D eigenvalue weighted by Crippen LogP contribution is 2.09. The van der Waals surface area contributed by atoms with E-state index in [1.807, 2.05) is 12.1 Å². The normalized spacial score (nSPS) is 12.8. The minimum absolute atomic E-state index is 0.0746. The van der Waals surface area contributed by atoms with Crippen molar-refractivity contribution in [3.05, 3.63) is 59.5 Å². The maximum Gasteiger partial charge on any atom is 0.286 e. The van der Waals surface area contributed by atoms with Gasteiger partial charge in [-0.15, -0.1) is 0 Å². The Bertz CT molecular complexity index is 671. The van der Waals surface area contributed by atoms with E-state index in [2.05, 4.69) is 57.3 Å². The molecule has 0 radical (unpaired) electrons. The lowest BCUT2D eigenvalue weighted by atomic mass is 10.0. The van der Waals surface area contributed by atoms with Crippen molar-refractivity contribution in [3.63, 3.8) is 0 Å². The SMILES string of the molecule is CCCCCNC(=O)c1ccc(C[NH+](Cc2ccccc2)C(C)(C)C)o1. The van der Waals surface area contributed by atoms with Crippen LogP contribution in [0.3, 0.4) is 0 Å². The van der Waals surface area contributed by atoms with Crippen molar-refractivity contribution in [1.29, 1.82) is 0 Å². The minimum atomic E-state index is -0.118. The summed E-state index contributed by atoms with van der Waals surface area (Å²) >= 11 is 0. The van der Waals surface area contributed by atoms with Crippen LogP contribution in [0.1, 0.15) is 68.8 Å². The second-order valence-corrected chi connectivity index (χ2v) is 7.92. The van der Waals surface area contributed by atoms with Gasteiger partial charge in [-0.25, -0.2) is 0 Å². The summed E-state index contributed by atoms with van der Waals surface area (Å²) in [4.78, 5) is 13.6. The van der Waals surface area contributed by atoms with Crippen LogP contribution in [0, 0.1) is 0 Å². The van der Waals surface area contributed by atoms with Gasteiger partial charge < -0.3 is 14.6 Å². The molecule has 0 fully saturated rings. The second-order valence-electron chi connectivity index (χ2n) is 7.92. The first-order valence-corrected chi connectivity index (χ1v) is 9.66. The summed E-state index contributed by atoms with van der Waals surface area (Å²) in [6.07, 6.45) is 3.29. The van der Waals surface area contributed by atoms with E-state index < -0.39 is 0 Å². The third-order valence-corrected chi connectivity index (χ3v) is 4.66. The van der Waals surface area contributed by atoms with Crippen molar-refractivity contribution in [3.8, 4) is 0 Å². The number of rotatable bonds is 9. The molecule has 2 rings (SSSR count). The molecule has 0 saturated heterocycles. The fourth-order valence-corrected chi connectivity index (χ4v) is 2.90. The first kappa shape index (κ1) is 20.2. The molecular weight excluding hydrogens is 324 g/mol. The lowest BCUT2D eigenvalue weighted by Crippen LogP contribution is -3.16. The maximum absolute atomic E-state index is 12.2. The Morgan fingerprint density at radius 3 is 2.42 bits per heavy atom. The number of amides is 1. The van der Waals surface area contributed by atoms with Gasteiger partial charge in [0, 0.05) is 12.1 Å². The zero-order valence-corrected chi connectivity index (χ0v) is 16.6. The maximum atomic E-state index is 12.2. The predicted molar refractivity (Wildman–Crippen MR) is 105 cm³/mol. The van der Waals surface area contributed by atoms with Crippen LogP contribution in [0.15, 0.2) is 46.9 Å². The molecule has 1 aromatic carbocycles. The van der Waals surface area contributed by atoms with E-state index in [1.165, 1.54) is 10.5 Å². The van der Waals surface area contributed by atoms with Gasteiger partial charge in [0.15, 0.2) is 11.5 Å². The van der Waals surface area contributed by atoms with Gasteiger partial charge in [-0.05, 0) is 39.3 Å². The molecule has 0 aliphatic carbocycles. The van der Waals surface area contributed by atoms with Crippen LogP contribution in [-0.4, -0.2) is 18.0 Å². The number of carbonyl (C=O) groups excluding carboxylic acids is 1. The summed E-state index contributed by atoms with van der Waals surface area (Å²) in [6.45, 7) is 11.2. The third-order valence-electron chi connectivity index (χ3n) is 4.66. The average Bonchev–Trinajstić information content (AvgIpc) is 3.07. The number of furan rings is 1. The molecule has 1 amide bonds. The molecule has 26 heavy (non-hydrogen) atoms. The lowest BCUT2D eigenvalue weighted by Gasteiger charge is -2.31. The van der Waals surface area contributed by atoms with Crippen molar-refractivity contribution in [2.24, 2.45) is 0 Å². The molecule has 4 nitrogen and oxygen atoms in total. The number of quaternary nitrogens is 1. The molecule has 2 N–H and O–H groups in total. The van der Waals surface area contributed by atoms with Gasteiger partial charge in [-0.3, -0.25) is 4.79 Å². The van der Waals surface area contributed by atoms with Crippen molar-refractivity contribution in [2.45, 2.75) is 65.6 Å². The zero-order valence-electron chi connectivity index (χ0n) is 16.6. The highest BCUT2D eigenvalue weighted by atomic mass is 16.4. The molecule has 0 aliphatic heterocycles. The van der Waals surface area contributed by atoms with Gasteiger partial charge in [-0.1, -0.05) is 50.1 Å². The topological polar surface area (TPSA) is 46.7 Å². The largest absolute Gasteiger partial charge is 0.450 e. The molecule has 0 bridgehead atoms. The molecule has 1 unspecified atom stereocenters. The smallest absolute Gasteiger partial charge is 0.286 e. The van der Waals surface area contributed by atoms with Crippen LogP contribution in [0.5, 0.6) is 0 Å². The van der Waals surface area contributed by atoms with Crippen molar-refractivity contribution < 1.29 is 14.1 Å². The van der Waals surface area contributed by atoms with E-state index in [0.717, 1.165) is 38.1 Å². The second kappa shape index (κ2) is 9.58. The molecule has 0 spiro atoms. The van der Waals surface area contributed by atoms with Gasteiger partial charge in [0.25, 0.3) is 5.91 Å². The van der Waals surface area contributed by atoms with Crippen molar-refractivity contribution >= 4 is 5.91 Å². The Morgan fingerprint density at radius 2 is 1.77 bits per heavy atom. The fraction of sp³-hybridized carbons (Fsp3) is 0.500. The van der Waals surface area contributed by atoms with Crippen LogP contribution in [0.2, 0.25) is 0 Å². The summed E-state index contributed by atoms with van der Waals surface area (Å²) in [6, 6.07) is 14.2. The van der Waals surface area contributed by atoms with E-state index in [0.29, 0.717) is 12.3 Å². The first-order valence-electron chi connectivity index (χ1n) is 9.66. The molecule has 1 heterocycles. The van der Waals surface area contributed by atoms with Gasteiger partial charge in [0.05, 0.1) is 5.54 Å². The Kier molecular flexibility index (Phi) is 7.46. The molecule has 0 saturated carbocycles. The number of benzene rings is 1. The van der Waals surface area contributed by atoms with Crippen LogP contribution in [0.4, 0.5) is 0 Å². The summed E-state index contributed by atoms with van der Waals surface area (Å²) in [5.41, 5.74) is 1.38. The van der Waals surface area contributed by atoms with Gasteiger partial charge in [0.2, 0.25) is 0 Å². The standard InChI is InChI=1S/C22H32N2O2/c1-5-6-10-15-23-21(25)20-14-13-19(26-20)17-24(22(2,3)4)16-18-11-8-7-9-12-18/h7-9,11-14H,5-6,10,15-17H2,1-4H3,(H,23,25)/p+1. The van der Waals surface area contributed by atoms with Gasteiger partial charge in [-0.2, -0.15) is 0 Å². The van der Waals surface area contributed by atoms with Crippen molar-refractivity contribution in [2.75, 3.05) is 6.54 Å². The Balaban J connectivity index is 1.98. The summed E-state index contributed by atoms with van der Waals surface area (Å²) in [5, 5.41) is 2.93. The number of hydrogen-bond acceptors (Lipinski definition) is 2. The van der Waals surface area contributed by atoms with E-state index in [1.54, 1.807) is 6.07 Å². The highest BCUT2D eigenvalue weighted by molar-refractivity contribution is 5.91. The van der Waals surface area contributed by atoms with Crippen LogP contribution in [-0.2, 0) is 13.1 Å². The molecule has 142 valence electrons. The molecule has 1 atom stereocenters. The number of carbonyl (C=O) groups is 1. The molecule has 4 heteroatoms. The van der Waals surface area contributed by atoms with Crippen LogP contribution >= 0.6 is 0 Å². The minimum Gasteiger partial charge on any atom is -0.450 e. The van der Waals surface area contributed by atoms with Crippen LogP contribution in [0.25, 0.3) is 0 Å². The van der Waals surface area contributed by atoms with Gasteiger partial charge in [0.1, 0.15) is 13.1 Å². The highest BCUT2D eigenvalue weighted by Gasteiger charge is 2.27.